The number of sulfonamides is 1. The molecule has 0 bridgehead atoms. The predicted octanol–water partition coefficient (Wildman–Crippen LogP) is 1.75. The number of carbonyl (C=O) groups is 1. The van der Waals surface area contributed by atoms with Crippen molar-refractivity contribution < 1.29 is 23.1 Å². The van der Waals surface area contributed by atoms with E-state index in [9.17, 15) is 13.2 Å². The number of hydrogen-bond donors (Lipinski definition) is 2. The zero-order chi connectivity index (χ0) is 16.3. The standard InChI is InChI=1S/C14H18ClNO5S/c1-9(21-12-4-2-11(15)3-5-12)7-16-22(19,20)8-10-6-13(10)14(17)18/h2-5,9-10,13,16H,6-8H2,1H3,(H,17,18)/t9?,10-,13-/m0/s1. The fraction of sp³-hybridized carbons (Fsp3) is 0.500. The van der Waals surface area contributed by atoms with Crippen molar-refractivity contribution in [2.75, 3.05) is 12.3 Å². The summed E-state index contributed by atoms with van der Waals surface area (Å²) in [6, 6.07) is 6.78. The molecule has 0 aromatic heterocycles. The number of ether oxygens (including phenoxy) is 1. The zero-order valence-corrected chi connectivity index (χ0v) is 13.6. The lowest BCUT2D eigenvalue weighted by Gasteiger charge is -2.15. The van der Waals surface area contributed by atoms with E-state index in [-0.39, 0.29) is 24.3 Å². The molecule has 1 aliphatic rings. The van der Waals surface area contributed by atoms with Crippen molar-refractivity contribution >= 4 is 27.6 Å². The van der Waals surface area contributed by atoms with Gasteiger partial charge in [0.05, 0.1) is 11.7 Å². The average molecular weight is 348 g/mol. The Hall–Kier alpha value is -1.31. The van der Waals surface area contributed by atoms with Gasteiger partial charge >= 0.3 is 5.97 Å². The summed E-state index contributed by atoms with van der Waals surface area (Å²) >= 11 is 5.77. The van der Waals surface area contributed by atoms with Crippen LogP contribution in [0.25, 0.3) is 0 Å². The van der Waals surface area contributed by atoms with Gasteiger partial charge in [0.25, 0.3) is 0 Å². The van der Waals surface area contributed by atoms with E-state index in [1.54, 1.807) is 31.2 Å². The molecule has 1 unspecified atom stereocenters. The van der Waals surface area contributed by atoms with E-state index in [1.807, 2.05) is 0 Å². The van der Waals surface area contributed by atoms with E-state index >= 15 is 0 Å². The van der Waals surface area contributed by atoms with Crippen molar-refractivity contribution in [3.63, 3.8) is 0 Å². The van der Waals surface area contributed by atoms with Crippen LogP contribution in [0.1, 0.15) is 13.3 Å². The molecule has 1 aliphatic carbocycles. The average Bonchev–Trinajstić information content (AvgIpc) is 3.18. The highest BCUT2D eigenvalue weighted by Crippen LogP contribution is 2.39. The fourth-order valence-electron chi connectivity index (χ4n) is 2.11. The summed E-state index contributed by atoms with van der Waals surface area (Å²) < 4.78 is 31.8. The summed E-state index contributed by atoms with van der Waals surface area (Å²) in [6.07, 6.45) is 0.0676. The molecule has 2 N–H and O–H groups in total. The first kappa shape index (κ1) is 17.1. The van der Waals surface area contributed by atoms with Crippen LogP contribution in [-0.2, 0) is 14.8 Å². The molecule has 2 rings (SSSR count). The van der Waals surface area contributed by atoms with Gasteiger partial charge in [0.15, 0.2) is 0 Å². The minimum Gasteiger partial charge on any atom is -0.489 e. The summed E-state index contributed by atoms with van der Waals surface area (Å²) in [4.78, 5) is 10.7. The van der Waals surface area contributed by atoms with Crippen LogP contribution >= 0.6 is 11.6 Å². The van der Waals surface area contributed by atoms with Crippen molar-refractivity contribution in [3.8, 4) is 5.75 Å². The molecule has 1 aromatic carbocycles. The molecule has 0 radical (unpaired) electrons. The van der Waals surface area contributed by atoms with Crippen LogP contribution in [0.3, 0.4) is 0 Å². The van der Waals surface area contributed by atoms with Crippen LogP contribution in [0.5, 0.6) is 5.75 Å². The van der Waals surface area contributed by atoms with E-state index in [0.29, 0.717) is 17.2 Å². The first-order valence-electron chi connectivity index (χ1n) is 6.89. The van der Waals surface area contributed by atoms with Crippen LogP contribution in [0, 0.1) is 11.8 Å². The van der Waals surface area contributed by atoms with Gasteiger partial charge < -0.3 is 9.84 Å². The van der Waals surface area contributed by atoms with Crippen molar-refractivity contribution in [1.29, 1.82) is 0 Å². The summed E-state index contributed by atoms with van der Waals surface area (Å²) in [5.41, 5.74) is 0. The van der Waals surface area contributed by atoms with Crippen LogP contribution in [0.15, 0.2) is 24.3 Å². The molecule has 0 amide bonds. The first-order valence-corrected chi connectivity index (χ1v) is 8.92. The minimum absolute atomic E-state index is 0.120. The van der Waals surface area contributed by atoms with Crippen LogP contribution in [-0.4, -0.2) is 37.9 Å². The van der Waals surface area contributed by atoms with Gasteiger partial charge in [0.2, 0.25) is 10.0 Å². The Balaban J connectivity index is 1.76. The molecule has 6 nitrogen and oxygen atoms in total. The van der Waals surface area contributed by atoms with Gasteiger partial charge in [-0.05, 0) is 43.5 Å². The summed E-state index contributed by atoms with van der Waals surface area (Å²) in [5.74, 6) is -1.30. The second-order valence-corrected chi connectivity index (χ2v) is 7.74. The van der Waals surface area contributed by atoms with Crippen molar-refractivity contribution in [3.05, 3.63) is 29.3 Å². The van der Waals surface area contributed by atoms with Crippen LogP contribution in [0.2, 0.25) is 5.02 Å². The smallest absolute Gasteiger partial charge is 0.306 e. The predicted molar refractivity (Wildman–Crippen MR) is 82.6 cm³/mol. The van der Waals surface area contributed by atoms with Gasteiger partial charge in [-0.3, -0.25) is 4.79 Å². The Labute approximate surface area is 134 Å². The Morgan fingerprint density at radius 2 is 2.09 bits per heavy atom. The summed E-state index contributed by atoms with van der Waals surface area (Å²) in [7, 11) is -3.49. The third-order valence-electron chi connectivity index (χ3n) is 3.41. The highest BCUT2D eigenvalue weighted by atomic mass is 35.5. The van der Waals surface area contributed by atoms with Crippen molar-refractivity contribution in [2.45, 2.75) is 19.4 Å². The van der Waals surface area contributed by atoms with Gasteiger partial charge in [-0.2, -0.15) is 0 Å². The normalized spacial score (nSPS) is 22.1. The maximum atomic E-state index is 11.9. The number of nitrogens with one attached hydrogen (secondary N) is 1. The molecule has 8 heteroatoms. The highest BCUT2D eigenvalue weighted by molar-refractivity contribution is 7.89. The van der Waals surface area contributed by atoms with E-state index in [2.05, 4.69) is 4.72 Å². The maximum absolute atomic E-state index is 11.9. The van der Waals surface area contributed by atoms with E-state index in [4.69, 9.17) is 21.4 Å². The maximum Gasteiger partial charge on any atom is 0.306 e. The molecule has 22 heavy (non-hydrogen) atoms. The molecule has 1 saturated carbocycles. The fourth-order valence-corrected chi connectivity index (χ4v) is 3.77. The van der Waals surface area contributed by atoms with Gasteiger partial charge in [0, 0.05) is 11.6 Å². The molecule has 0 aliphatic heterocycles. The molecule has 3 atom stereocenters. The first-order chi connectivity index (χ1) is 10.3. The zero-order valence-electron chi connectivity index (χ0n) is 12.0. The molecule has 1 fully saturated rings. The van der Waals surface area contributed by atoms with Gasteiger partial charge in [-0.15, -0.1) is 0 Å². The number of benzene rings is 1. The Bertz CT molecular complexity index is 631. The third-order valence-corrected chi connectivity index (χ3v) is 5.14. The van der Waals surface area contributed by atoms with E-state index in [1.165, 1.54) is 0 Å². The van der Waals surface area contributed by atoms with E-state index < -0.39 is 21.9 Å². The second kappa shape index (κ2) is 6.85. The van der Waals surface area contributed by atoms with Gasteiger partial charge in [-0.25, -0.2) is 13.1 Å². The highest BCUT2D eigenvalue weighted by Gasteiger charge is 2.45. The number of carboxylic acid groups (broad SMARTS) is 1. The SMILES string of the molecule is CC(CNS(=O)(=O)C[C@@H]1C[C@@H]1C(=O)O)Oc1ccc(Cl)cc1. The lowest BCUT2D eigenvalue weighted by molar-refractivity contribution is -0.138. The van der Waals surface area contributed by atoms with Crippen LogP contribution < -0.4 is 9.46 Å². The topological polar surface area (TPSA) is 92.7 Å². The number of aliphatic carboxylic acids is 1. The Kier molecular flexibility index (Phi) is 5.31. The molecule has 1 aromatic rings. The summed E-state index contributed by atoms with van der Waals surface area (Å²) in [5, 5.41) is 9.37. The Morgan fingerprint density at radius 3 is 2.64 bits per heavy atom. The molecule has 0 heterocycles. The second-order valence-electron chi connectivity index (χ2n) is 5.45. The molecule has 0 spiro atoms. The number of rotatable bonds is 8. The largest absolute Gasteiger partial charge is 0.489 e. The molecular weight excluding hydrogens is 330 g/mol. The quantitative estimate of drug-likeness (QED) is 0.747. The van der Waals surface area contributed by atoms with Gasteiger partial charge in [-0.1, -0.05) is 11.6 Å². The minimum atomic E-state index is -3.49. The van der Waals surface area contributed by atoms with E-state index in [0.717, 1.165) is 0 Å². The lowest BCUT2D eigenvalue weighted by Crippen LogP contribution is -2.35. The molecule has 122 valence electrons. The molecular formula is C14H18ClNO5S. The summed E-state index contributed by atoms with van der Waals surface area (Å²) in [6.45, 7) is 1.86. The monoisotopic (exact) mass is 347 g/mol. The third kappa shape index (κ3) is 5.15. The number of halogens is 1. The van der Waals surface area contributed by atoms with Crippen molar-refractivity contribution in [1.82, 2.24) is 4.72 Å². The molecule has 0 saturated heterocycles. The van der Waals surface area contributed by atoms with Gasteiger partial charge in [0.1, 0.15) is 11.9 Å². The lowest BCUT2D eigenvalue weighted by atomic mass is 10.3. The van der Waals surface area contributed by atoms with Crippen molar-refractivity contribution in [2.24, 2.45) is 11.8 Å². The Morgan fingerprint density at radius 1 is 1.45 bits per heavy atom. The van der Waals surface area contributed by atoms with Crippen LogP contribution in [0.4, 0.5) is 0 Å². The number of carboxylic acids is 1. The number of hydrogen-bond acceptors (Lipinski definition) is 4.